The van der Waals surface area contributed by atoms with Crippen molar-refractivity contribution in [3.63, 3.8) is 0 Å². The molecule has 0 bridgehead atoms. The van der Waals surface area contributed by atoms with Gasteiger partial charge in [-0.3, -0.25) is 9.89 Å². The molecule has 0 aromatic carbocycles. The summed E-state index contributed by atoms with van der Waals surface area (Å²) in [6, 6.07) is 1.19. The summed E-state index contributed by atoms with van der Waals surface area (Å²) < 4.78 is 5.90. The number of nitrogens with zero attached hydrogens (tertiary/aromatic N) is 2. The van der Waals surface area contributed by atoms with Crippen LogP contribution in [0.5, 0.6) is 0 Å². The number of nitrogens with one attached hydrogen (secondary N) is 1. The molecule has 114 valence electrons. The third kappa shape index (κ3) is 3.64. The first-order chi connectivity index (χ1) is 9.81. The van der Waals surface area contributed by atoms with Gasteiger partial charge in [-0.1, -0.05) is 19.3 Å². The smallest absolute Gasteiger partial charge is 0.188 e. The lowest BCUT2D eigenvalue weighted by Crippen LogP contribution is -2.47. The van der Waals surface area contributed by atoms with Crippen molar-refractivity contribution in [3.8, 4) is 0 Å². The van der Waals surface area contributed by atoms with Gasteiger partial charge in [0.25, 0.3) is 0 Å². The molecule has 1 saturated carbocycles. The number of hydrogen-bond acceptors (Lipinski definition) is 3. The molecule has 3 aliphatic rings. The Morgan fingerprint density at radius 3 is 2.90 bits per heavy atom. The quantitative estimate of drug-likeness (QED) is 0.600. The van der Waals surface area contributed by atoms with E-state index in [1.54, 1.807) is 0 Å². The molecule has 3 N–H and O–H groups in total. The van der Waals surface area contributed by atoms with Crippen molar-refractivity contribution in [2.45, 2.75) is 63.1 Å². The standard InChI is InChI=1S/C15H28N4O/c16-15(18-12-5-2-1-3-6-12)17-9-14-10-19-8-4-7-13(19)11-20-14/h12-14H,1-11H2,(H3,16,17,18). The second-order valence-corrected chi connectivity index (χ2v) is 6.45. The number of rotatable bonds is 3. The maximum atomic E-state index is 6.00. The minimum atomic E-state index is 0.219. The van der Waals surface area contributed by atoms with Crippen LogP contribution in [0.4, 0.5) is 0 Å². The van der Waals surface area contributed by atoms with Crippen LogP contribution in [0, 0.1) is 0 Å². The molecule has 3 fully saturated rings. The van der Waals surface area contributed by atoms with E-state index in [-0.39, 0.29) is 6.10 Å². The molecule has 2 unspecified atom stereocenters. The van der Waals surface area contributed by atoms with Gasteiger partial charge in [-0.25, -0.2) is 0 Å². The molecule has 2 saturated heterocycles. The second kappa shape index (κ2) is 6.76. The highest BCUT2D eigenvalue weighted by Gasteiger charge is 2.31. The van der Waals surface area contributed by atoms with E-state index in [9.17, 15) is 0 Å². The van der Waals surface area contributed by atoms with Gasteiger partial charge in [0.2, 0.25) is 0 Å². The topological polar surface area (TPSA) is 62.9 Å². The van der Waals surface area contributed by atoms with Crippen LogP contribution >= 0.6 is 0 Å². The summed E-state index contributed by atoms with van der Waals surface area (Å²) in [4.78, 5) is 7.04. The van der Waals surface area contributed by atoms with Crippen LogP contribution in [-0.2, 0) is 4.74 Å². The number of nitrogens with two attached hydrogens (primary N) is 1. The van der Waals surface area contributed by atoms with Crippen molar-refractivity contribution < 1.29 is 4.74 Å². The number of aliphatic imine (C=N–C) groups is 1. The van der Waals surface area contributed by atoms with Crippen molar-refractivity contribution in [1.82, 2.24) is 10.2 Å². The maximum absolute atomic E-state index is 6.00. The molecule has 2 aliphatic heterocycles. The highest BCUT2D eigenvalue weighted by atomic mass is 16.5. The van der Waals surface area contributed by atoms with Crippen LogP contribution < -0.4 is 11.1 Å². The Labute approximate surface area is 121 Å². The van der Waals surface area contributed by atoms with Crippen molar-refractivity contribution in [2.24, 2.45) is 10.7 Å². The van der Waals surface area contributed by atoms with Gasteiger partial charge < -0.3 is 15.8 Å². The zero-order valence-corrected chi connectivity index (χ0v) is 12.4. The molecule has 1 aliphatic carbocycles. The molecule has 0 spiro atoms. The van der Waals surface area contributed by atoms with Crippen molar-refractivity contribution in [3.05, 3.63) is 0 Å². The number of morpholine rings is 1. The van der Waals surface area contributed by atoms with E-state index >= 15 is 0 Å². The second-order valence-electron chi connectivity index (χ2n) is 6.45. The third-order valence-corrected chi connectivity index (χ3v) is 4.88. The first-order valence-electron chi connectivity index (χ1n) is 8.23. The van der Waals surface area contributed by atoms with Crippen molar-refractivity contribution >= 4 is 5.96 Å². The molecule has 0 aromatic heterocycles. The lowest BCUT2D eigenvalue weighted by Gasteiger charge is -2.34. The van der Waals surface area contributed by atoms with Gasteiger partial charge in [0.1, 0.15) is 0 Å². The minimum absolute atomic E-state index is 0.219. The third-order valence-electron chi connectivity index (χ3n) is 4.88. The summed E-state index contributed by atoms with van der Waals surface area (Å²) in [5, 5.41) is 3.36. The van der Waals surface area contributed by atoms with Gasteiger partial charge >= 0.3 is 0 Å². The largest absolute Gasteiger partial charge is 0.373 e. The van der Waals surface area contributed by atoms with Gasteiger partial charge in [-0.05, 0) is 32.2 Å². The highest BCUT2D eigenvalue weighted by molar-refractivity contribution is 5.78. The van der Waals surface area contributed by atoms with Crippen LogP contribution in [0.15, 0.2) is 4.99 Å². The molecule has 3 rings (SSSR count). The lowest BCUT2D eigenvalue weighted by molar-refractivity contribution is -0.0432. The van der Waals surface area contributed by atoms with Gasteiger partial charge in [-0.2, -0.15) is 0 Å². The van der Waals surface area contributed by atoms with Gasteiger partial charge in [0, 0.05) is 18.6 Å². The number of guanidine groups is 1. The molecule has 5 heteroatoms. The van der Waals surface area contributed by atoms with Crippen LogP contribution in [-0.4, -0.2) is 55.3 Å². The van der Waals surface area contributed by atoms with Crippen LogP contribution in [0.1, 0.15) is 44.9 Å². The van der Waals surface area contributed by atoms with E-state index in [1.165, 1.54) is 51.5 Å². The fraction of sp³-hybridized carbons (Fsp3) is 0.933. The first-order valence-corrected chi connectivity index (χ1v) is 8.23. The van der Waals surface area contributed by atoms with Crippen LogP contribution in [0.25, 0.3) is 0 Å². The van der Waals surface area contributed by atoms with Crippen LogP contribution in [0.3, 0.4) is 0 Å². The SMILES string of the molecule is NC(=NCC1CN2CCCC2CO1)NC1CCCCC1. The highest BCUT2D eigenvalue weighted by Crippen LogP contribution is 2.22. The molecule has 0 radical (unpaired) electrons. The number of ether oxygens (including phenoxy) is 1. The van der Waals surface area contributed by atoms with Gasteiger partial charge in [0.15, 0.2) is 5.96 Å². The number of fused-ring (bicyclic) bond motifs is 1. The lowest BCUT2D eigenvalue weighted by atomic mass is 9.96. The fourth-order valence-electron chi connectivity index (χ4n) is 3.70. The maximum Gasteiger partial charge on any atom is 0.188 e. The predicted molar refractivity (Wildman–Crippen MR) is 80.8 cm³/mol. The van der Waals surface area contributed by atoms with E-state index in [2.05, 4.69) is 15.2 Å². The van der Waals surface area contributed by atoms with E-state index in [1.807, 2.05) is 0 Å². The normalized spacial score (nSPS) is 33.1. The summed E-state index contributed by atoms with van der Waals surface area (Å²) in [5.74, 6) is 0.601. The average molecular weight is 280 g/mol. The Hall–Kier alpha value is -0.810. The van der Waals surface area contributed by atoms with Gasteiger partial charge in [-0.15, -0.1) is 0 Å². The zero-order valence-electron chi connectivity index (χ0n) is 12.4. The van der Waals surface area contributed by atoms with Crippen molar-refractivity contribution in [2.75, 3.05) is 26.2 Å². The van der Waals surface area contributed by atoms with E-state index < -0.39 is 0 Å². The molecule has 5 nitrogen and oxygen atoms in total. The Morgan fingerprint density at radius 2 is 2.05 bits per heavy atom. The summed E-state index contributed by atoms with van der Waals surface area (Å²) >= 11 is 0. The van der Waals surface area contributed by atoms with E-state index in [4.69, 9.17) is 10.5 Å². The monoisotopic (exact) mass is 280 g/mol. The summed E-state index contributed by atoms with van der Waals surface area (Å²) in [5.41, 5.74) is 6.00. The first kappa shape index (κ1) is 14.1. The zero-order chi connectivity index (χ0) is 13.8. The molecule has 0 amide bonds. The Morgan fingerprint density at radius 1 is 1.20 bits per heavy atom. The molecule has 0 aromatic rings. The van der Waals surface area contributed by atoms with E-state index in [0.29, 0.717) is 24.6 Å². The molecule has 20 heavy (non-hydrogen) atoms. The average Bonchev–Trinajstić information content (AvgIpc) is 2.93. The summed E-state index contributed by atoms with van der Waals surface area (Å²) in [7, 11) is 0. The van der Waals surface area contributed by atoms with Gasteiger partial charge in [0.05, 0.1) is 19.3 Å². The predicted octanol–water partition coefficient (Wildman–Crippen LogP) is 1.09. The Kier molecular flexibility index (Phi) is 4.78. The number of hydrogen-bond donors (Lipinski definition) is 2. The molecular weight excluding hydrogens is 252 g/mol. The Balaban J connectivity index is 1.42. The molecule has 2 heterocycles. The minimum Gasteiger partial charge on any atom is -0.373 e. The molecular formula is C15H28N4O. The van der Waals surface area contributed by atoms with Crippen molar-refractivity contribution in [1.29, 1.82) is 0 Å². The summed E-state index contributed by atoms with van der Waals surface area (Å²) in [6.07, 6.45) is 9.27. The molecule has 2 atom stereocenters. The summed E-state index contributed by atoms with van der Waals surface area (Å²) in [6.45, 7) is 3.81. The van der Waals surface area contributed by atoms with Crippen LogP contribution in [0.2, 0.25) is 0 Å². The Bertz CT molecular complexity index is 341. The van der Waals surface area contributed by atoms with E-state index in [0.717, 1.165) is 13.2 Å². The fourth-order valence-corrected chi connectivity index (χ4v) is 3.70.